The van der Waals surface area contributed by atoms with E-state index in [0.717, 1.165) is 10.4 Å². The summed E-state index contributed by atoms with van der Waals surface area (Å²) in [5, 5.41) is 11.3. The summed E-state index contributed by atoms with van der Waals surface area (Å²) in [7, 11) is -2.96. The molecule has 2 aromatic carbocycles. The number of halogens is 1. The van der Waals surface area contributed by atoms with Crippen molar-refractivity contribution >= 4 is 26.7 Å². The van der Waals surface area contributed by atoms with Gasteiger partial charge in [0.05, 0.1) is 39.1 Å². The Labute approximate surface area is 202 Å². The standard InChI is InChI=1S/C22H30FN3O6S2/c1-21(2,3)33(29)24-22(4,18-8-7-9-19(20(18)23)26(27)28)15-34(30,31)25(5)14-16-10-12-17(32-6)13-11-16/h7-13,24H,14-15H2,1-6H3/t22-,33?/m0/s1. The van der Waals surface area contributed by atoms with Crippen LogP contribution < -0.4 is 9.46 Å². The summed E-state index contributed by atoms with van der Waals surface area (Å²) in [4.78, 5) is 10.4. The zero-order chi connectivity index (χ0) is 25.9. The summed E-state index contributed by atoms with van der Waals surface area (Å²) in [6.07, 6.45) is 0. The Bertz CT molecular complexity index is 1170. The zero-order valence-corrected chi connectivity index (χ0v) is 21.6. The average Bonchev–Trinajstić information content (AvgIpc) is 2.72. The van der Waals surface area contributed by atoms with Crippen molar-refractivity contribution in [1.29, 1.82) is 0 Å². The highest BCUT2D eigenvalue weighted by molar-refractivity contribution is 7.89. The van der Waals surface area contributed by atoms with E-state index < -0.39 is 53.5 Å². The lowest BCUT2D eigenvalue weighted by molar-refractivity contribution is -0.387. The first-order chi connectivity index (χ1) is 15.6. The molecule has 0 fully saturated rings. The topological polar surface area (TPSA) is 119 Å². The Balaban J connectivity index is 2.47. The average molecular weight is 516 g/mol. The van der Waals surface area contributed by atoms with Crippen LogP contribution in [0.2, 0.25) is 0 Å². The third-order valence-electron chi connectivity index (χ3n) is 5.15. The van der Waals surface area contributed by atoms with E-state index in [4.69, 9.17) is 4.74 Å². The molecule has 1 unspecified atom stereocenters. The first-order valence-corrected chi connectivity index (χ1v) is 13.1. The van der Waals surface area contributed by atoms with Gasteiger partial charge in [0.25, 0.3) is 0 Å². The van der Waals surface area contributed by atoms with Crippen molar-refractivity contribution in [2.24, 2.45) is 0 Å². The third kappa shape index (κ3) is 6.59. The van der Waals surface area contributed by atoms with Crippen LogP contribution in [0.1, 0.15) is 38.8 Å². The van der Waals surface area contributed by atoms with Crippen LogP contribution in [0, 0.1) is 15.9 Å². The van der Waals surface area contributed by atoms with E-state index in [9.17, 15) is 22.7 Å². The molecular formula is C22H30FN3O6S2. The van der Waals surface area contributed by atoms with Gasteiger partial charge in [-0.3, -0.25) is 10.1 Å². The molecule has 2 rings (SSSR count). The van der Waals surface area contributed by atoms with E-state index in [0.29, 0.717) is 11.3 Å². The Morgan fingerprint density at radius 3 is 2.24 bits per heavy atom. The summed E-state index contributed by atoms with van der Waals surface area (Å²) in [6.45, 7) is 6.42. The van der Waals surface area contributed by atoms with Crippen LogP contribution in [0.3, 0.4) is 0 Å². The van der Waals surface area contributed by atoms with E-state index in [1.165, 1.54) is 33.2 Å². The number of methoxy groups -OCH3 is 1. The van der Waals surface area contributed by atoms with Gasteiger partial charge in [0.2, 0.25) is 15.8 Å². The fourth-order valence-electron chi connectivity index (χ4n) is 3.17. The summed E-state index contributed by atoms with van der Waals surface area (Å²) < 4.78 is 62.8. The van der Waals surface area contributed by atoms with E-state index in [-0.39, 0.29) is 12.1 Å². The molecule has 0 bridgehead atoms. The molecule has 0 spiro atoms. The van der Waals surface area contributed by atoms with Gasteiger partial charge in [-0.15, -0.1) is 0 Å². The van der Waals surface area contributed by atoms with Crippen LogP contribution in [-0.4, -0.2) is 46.5 Å². The molecule has 9 nitrogen and oxygen atoms in total. The van der Waals surface area contributed by atoms with E-state index in [1.807, 2.05) is 0 Å². The molecule has 12 heteroatoms. The highest BCUT2D eigenvalue weighted by atomic mass is 32.2. The van der Waals surface area contributed by atoms with Crippen LogP contribution in [-0.2, 0) is 33.1 Å². The van der Waals surface area contributed by atoms with Crippen molar-refractivity contribution in [2.75, 3.05) is 19.9 Å². The summed E-state index contributed by atoms with van der Waals surface area (Å²) >= 11 is 0. The maximum atomic E-state index is 15.2. The SMILES string of the molecule is COc1ccc(CN(C)S(=O)(=O)C[C@](C)(NS(=O)C(C)(C)C)c2cccc([N+](=O)[O-])c2F)cc1. The molecule has 0 aliphatic rings. The highest BCUT2D eigenvalue weighted by Crippen LogP contribution is 2.32. The quantitative estimate of drug-likeness (QED) is 0.382. The Morgan fingerprint density at radius 2 is 1.74 bits per heavy atom. The van der Waals surface area contributed by atoms with Crippen LogP contribution in [0.4, 0.5) is 10.1 Å². The van der Waals surface area contributed by atoms with E-state index in [1.54, 1.807) is 45.0 Å². The molecule has 0 aromatic heterocycles. The van der Waals surface area contributed by atoms with Crippen molar-refractivity contribution in [3.63, 3.8) is 0 Å². The van der Waals surface area contributed by atoms with E-state index in [2.05, 4.69) is 4.72 Å². The van der Waals surface area contributed by atoms with Crippen LogP contribution in [0.25, 0.3) is 0 Å². The minimum atomic E-state index is -4.05. The smallest absolute Gasteiger partial charge is 0.305 e. The highest BCUT2D eigenvalue weighted by Gasteiger charge is 2.41. The van der Waals surface area contributed by atoms with Crippen LogP contribution in [0.5, 0.6) is 5.75 Å². The number of nitrogens with zero attached hydrogens (tertiary/aromatic N) is 2. The number of nitrogens with one attached hydrogen (secondary N) is 1. The van der Waals surface area contributed by atoms with Crippen molar-refractivity contribution in [1.82, 2.24) is 9.03 Å². The number of ether oxygens (including phenoxy) is 1. The van der Waals surface area contributed by atoms with Gasteiger partial charge in [-0.05, 0) is 45.4 Å². The summed E-state index contributed by atoms with van der Waals surface area (Å²) in [5.74, 6) is -1.25. The first kappa shape index (κ1) is 27.8. The molecule has 0 amide bonds. The molecule has 188 valence electrons. The van der Waals surface area contributed by atoms with Crippen LogP contribution in [0.15, 0.2) is 42.5 Å². The molecule has 34 heavy (non-hydrogen) atoms. The maximum absolute atomic E-state index is 15.2. The Morgan fingerprint density at radius 1 is 1.15 bits per heavy atom. The fraction of sp³-hybridized carbons (Fsp3) is 0.455. The minimum absolute atomic E-state index is 0.0299. The number of sulfonamides is 1. The molecule has 1 N–H and O–H groups in total. The largest absolute Gasteiger partial charge is 0.497 e. The third-order valence-corrected chi connectivity index (χ3v) is 8.92. The second-order valence-electron chi connectivity index (χ2n) is 9.07. The molecule has 0 radical (unpaired) electrons. The van der Waals surface area contributed by atoms with E-state index >= 15 is 4.39 Å². The number of nitro benzene ring substituents is 1. The number of benzene rings is 2. The van der Waals surface area contributed by atoms with Gasteiger partial charge < -0.3 is 4.74 Å². The second-order valence-corrected chi connectivity index (χ2v) is 13.1. The fourth-order valence-corrected chi connectivity index (χ4v) is 5.68. The van der Waals surface area contributed by atoms with Crippen LogP contribution >= 0.6 is 0 Å². The molecule has 0 saturated heterocycles. The minimum Gasteiger partial charge on any atom is -0.497 e. The summed E-state index contributed by atoms with van der Waals surface area (Å²) in [5.41, 5.74) is -2.10. The molecule has 0 aliphatic heterocycles. The number of rotatable bonds is 10. The summed E-state index contributed by atoms with van der Waals surface area (Å²) in [6, 6.07) is 10.4. The lowest BCUT2D eigenvalue weighted by atomic mass is 9.94. The molecule has 2 atom stereocenters. The molecule has 2 aromatic rings. The van der Waals surface area contributed by atoms with Gasteiger partial charge in [0.1, 0.15) is 5.75 Å². The van der Waals surface area contributed by atoms with Crippen molar-refractivity contribution in [3.8, 4) is 5.75 Å². The van der Waals surface area contributed by atoms with Crippen molar-refractivity contribution < 1.29 is 26.7 Å². The molecule has 0 saturated carbocycles. The normalized spacial score (nSPS) is 15.1. The Kier molecular flexibility index (Phi) is 8.57. The molecule has 0 heterocycles. The van der Waals surface area contributed by atoms with Crippen molar-refractivity contribution in [2.45, 2.75) is 44.5 Å². The Hall–Kier alpha value is -2.41. The monoisotopic (exact) mass is 515 g/mol. The van der Waals surface area contributed by atoms with Gasteiger partial charge in [0.15, 0.2) is 0 Å². The number of nitro groups is 1. The first-order valence-electron chi connectivity index (χ1n) is 10.3. The van der Waals surface area contributed by atoms with Gasteiger partial charge in [0, 0.05) is 25.2 Å². The number of hydrogen-bond donors (Lipinski definition) is 1. The predicted molar refractivity (Wildman–Crippen MR) is 130 cm³/mol. The van der Waals surface area contributed by atoms with Gasteiger partial charge in [-0.25, -0.2) is 21.7 Å². The molecular weight excluding hydrogens is 485 g/mol. The lowest BCUT2D eigenvalue weighted by Gasteiger charge is -2.34. The van der Waals surface area contributed by atoms with Gasteiger partial charge >= 0.3 is 5.69 Å². The second kappa shape index (κ2) is 10.5. The predicted octanol–water partition coefficient (Wildman–Crippen LogP) is 3.47. The van der Waals surface area contributed by atoms with Gasteiger partial charge in [-0.2, -0.15) is 4.39 Å². The molecule has 0 aliphatic carbocycles. The van der Waals surface area contributed by atoms with Gasteiger partial charge in [-0.1, -0.05) is 24.3 Å². The van der Waals surface area contributed by atoms with Crippen molar-refractivity contribution in [3.05, 3.63) is 69.5 Å². The zero-order valence-electron chi connectivity index (χ0n) is 20.0. The lowest BCUT2D eigenvalue weighted by Crippen LogP contribution is -2.52. The maximum Gasteiger partial charge on any atom is 0.305 e. The number of hydrogen-bond acceptors (Lipinski definition) is 6.